The maximum atomic E-state index is 9.99. The molecule has 0 bridgehead atoms. The molecular weight excluding hydrogens is 210 g/mol. The zero-order valence-electron chi connectivity index (χ0n) is 9.59. The van der Waals surface area contributed by atoms with Crippen molar-refractivity contribution in [2.24, 2.45) is 0 Å². The molecular formula is C15H13NO. The van der Waals surface area contributed by atoms with Crippen LogP contribution in [0.5, 0.6) is 0 Å². The van der Waals surface area contributed by atoms with Crippen molar-refractivity contribution in [3.63, 3.8) is 0 Å². The van der Waals surface area contributed by atoms with Gasteiger partial charge in [-0.3, -0.25) is 0 Å². The Labute approximate surface area is 99.5 Å². The quantitative estimate of drug-likeness (QED) is 0.641. The second-order valence-corrected chi connectivity index (χ2v) is 4.24. The summed E-state index contributed by atoms with van der Waals surface area (Å²) in [6, 6.07) is 15.9. The number of para-hydroxylation sites is 2. The van der Waals surface area contributed by atoms with Gasteiger partial charge in [-0.2, -0.15) is 0 Å². The fraction of sp³-hybridized carbons (Fsp3) is 0.133. The summed E-state index contributed by atoms with van der Waals surface area (Å²) in [7, 11) is 0. The van der Waals surface area contributed by atoms with Crippen LogP contribution in [0.25, 0.3) is 21.8 Å². The third-order valence-corrected chi connectivity index (χ3v) is 3.05. The van der Waals surface area contributed by atoms with E-state index in [-0.39, 0.29) is 0 Å². The van der Waals surface area contributed by atoms with Crippen molar-refractivity contribution in [3.05, 3.63) is 54.1 Å². The lowest BCUT2D eigenvalue weighted by Gasteiger charge is -2.12. The van der Waals surface area contributed by atoms with Gasteiger partial charge in [0.15, 0.2) is 0 Å². The lowest BCUT2D eigenvalue weighted by molar-refractivity contribution is 0.202. The van der Waals surface area contributed by atoms with E-state index in [0.29, 0.717) is 0 Å². The van der Waals surface area contributed by atoms with Gasteiger partial charge in [-0.05, 0) is 24.6 Å². The number of aliphatic hydroxyl groups is 1. The van der Waals surface area contributed by atoms with Crippen LogP contribution in [0.15, 0.2) is 48.5 Å². The summed E-state index contributed by atoms with van der Waals surface area (Å²) in [5.74, 6) is 0. The van der Waals surface area contributed by atoms with Gasteiger partial charge in [0, 0.05) is 10.8 Å². The van der Waals surface area contributed by atoms with E-state index in [1.807, 2.05) is 48.5 Å². The number of hydrogen-bond acceptors (Lipinski definition) is 2. The van der Waals surface area contributed by atoms with Crippen LogP contribution in [0.4, 0.5) is 0 Å². The molecule has 0 spiro atoms. The molecule has 1 aromatic heterocycles. The minimum absolute atomic E-state index is 0.493. The van der Waals surface area contributed by atoms with Crippen molar-refractivity contribution in [1.29, 1.82) is 0 Å². The number of rotatable bonds is 1. The summed E-state index contributed by atoms with van der Waals surface area (Å²) in [6.07, 6.45) is -0.493. The molecule has 2 heteroatoms. The molecule has 0 fully saturated rings. The van der Waals surface area contributed by atoms with Crippen molar-refractivity contribution in [2.75, 3.05) is 0 Å². The van der Waals surface area contributed by atoms with Crippen LogP contribution in [-0.2, 0) is 0 Å². The Bertz CT molecular complexity index is 635. The van der Waals surface area contributed by atoms with Crippen molar-refractivity contribution >= 4 is 21.8 Å². The van der Waals surface area contributed by atoms with E-state index in [4.69, 9.17) is 0 Å². The number of pyridine rings is 1. The number of aromatic nitrogens is 1. The highest BCUT2D eigenvalue weighted by molar-refractivity contribution is 5.97. The summed E-state index contributed by atoms with van der Waals surface area (Å²) in [4.78, 5) is 4.61. The third-order valence-electron chi connectivity index (χ3n) is 3.05. The average molecular weight is 223 g/mol. The Morgan fingerprint density at radius 3 is 1.82 bits per heavy atom. The van der Waals surface area contributed by atoms with Crippen LogP contribution < -0.4 is 0 Å². The molecule has 2 nitrogen and oxygen atoms in total. The van der Waals surface area contributed by atoms with Crippen LogP contribution in [0.1, 0.15) is 18.6 Å². The molecule has 84 valence electrons. The molecule has 17 heavy (non-hydrogen) atoms. The van der Waals surface area contributed by atoms with E-state index in [2.05, 4.69) is 4.98 Å². The molecule has 0 radical (unpaired) electrons. The summed E-state index contributed by atoms with van der Waals surface area (Å²) in [5, 5.41) is 12.0. The topological polar surface area (TPSA) is 33.1 Å². The molecule has 3 aromatic rings. The van der Waals surface area contributed by atoms with E-state index in [9.17, 15) is 5.11 Å². The number of hydrogen-bond donors (Lipinski definition) is 1. The van der Waals surface area contributed by atoms with E-state index in [1.54, 1.807) is 6.92 Å². The number of fused-ring (bicyclic) bond motifs is 2. The number of benzene rings is 2. The molecule has 0 saturated heterocycles. The van der Waals surface area contributed by atoms with Gasteiger partial charge in [0.2, 0.25) is 0 Å². The van der Waals surface area contributed by atoms with Gasteiger partial charge in [0.25, 0.3) is 0 Å². The fourth-order valence-electron chi connectivity index (χ4n) is 2.32. The predicted octanol–water partition coefficient (Wildman–Crippen LogP) is 3.44. The molecule has 1 heterocycles. The molecule has 0 aliphatic carbocycles. The smallest absolute Gasteiger partial charge is 0.0775 e. The van der Waals surface area contributed by atoms with Gasteiger partial charge in [0.1, 0.15) is 0 Å². The lowest BCUT2D eigenvalue weighted by Crippen LogP contribution is -1.96. The first-order chi connectivity index (χ1) is 8.27. The highest BCUT2D eigenvalue weighted by atomic mass is 16.3. The molecule has 2 aromatic carbocycles. The monoisotopic (exact) mass is 223 g/mol. The van der Waals surface area contributed by atoms with Crippen molar-refractivity contribution in [1.82, 2.24) is 4.98 Å². The Balaban J connectivity index is 2.56. The van der Waals surface area contributed by atoms with Crippen molar-refractivity contribution < 1.29 is 5.11 Å². The molecule has 1 N–H and O–H groups in total. The molecule has 0 amide bonds. The standard InChI is InChI=1S/C15H13NO/c1-10(17)15-11-6-2-4-8-13(11)16-14-9-5-3-7-12(14)15/h2-10,17H,1H3. The summed E-state index contributed by atoms with van der Waals surface area (Å²) in [6.45, 7) is 1.80. The van der Waals surface area contributed by atoms with Gasteiger partial charge in [-0.25, -0.2) is 4.98 Å². The van der Waals surface area contributed by atoms with E-state index >= 15 is 0 Å². The SMILES string of the molecule is CC(O)c1c2ccccc2nc2ccccc12. The average Bonchev–Trinajstić information content (AvgIpc) is 2.35. The first-order valence-corrected chi connectivity index (χ1v) is 5.73. The van der Waals surface area contributed by atoms with Crippen LogP contribution in [0, 0.1) is 0 Å². The van der Waals surface area contributed by atoms with Crippen molar-refractivity contribution in [2.45, 2.75) is 13.0 Å². The first kappa shape index (κ1) is 10.2. The maximum absolute atomic E-state index is 9.99. The molecule has 3 rings (SSSR count). The van der Waals surface area contributed by atoms with Crippen LogP contribution in [0.3, 0.4) is 0 Å². The minimum atomic E-state index is -0.493. The number of aliphatic hydroxyl groups excluding tert-OH is 1. The molecule has 0 aliphatic rings. The van der Waals surface area contributed by atoms with Crippen molar-refractivity contribution in [3.8, 4) is 0 Å². The largest absolute Gasteiger partial charge is 0.389 e. The Morgan fingerprint density at radius 2 is 1.35 bits per heavy atom. The highest BCUT2D eigenvalue weighted by Crippen LogP contribution is 2.30. The van der Waals surface area contributed by atoms with E-state index in [0.717, 1.165) is 27.4 Å². The van der Waals surface area contributed by atoms with E-state index < -0.39 is 6.10 Å². The lowest BCUT2D eigenvalue weighted by atomic mass is 9.99. The Hall–Kier alpha value is -1.93. The minimum Gasteiger partial charge on any atom is -0.389 e. The Morgan fingerprint density at radius 1 is 0.882 bits per heavy atom. The summed E-state index contributed by atoms with van der Waals surface area (Å²) in [5.41, 5.74) is 2.83. The van der Waals surface area contributed by atoms with Gasteiger partial charge in [0.05, 0.1) is 17.1 Å². The van der Waals surface area contributed by atoms with Crippen LogP contribution >= 0.6 is 0 Å². The van der Waals surface area contributed by atoms with Crippen LogP contribution in [-0.4, -0.2) is 10.1 Å². The molecule has 1 unspecified atom stereocenters. The Kier molecular flexibility index (Phi) is 2.30. The van der Waals surface area contributed by atoms with Crippen LogP contribution in [0.2, 0.25) is 0 Å². The van der Waals surface area contributed by atoms with Gasteiger partial charge >= 0.3 is 0 Å². The molecule has 1 atom stereocenters. The predicted molar refractivity (Wildman–Crippen MR) is 69.9 cm³/mol. The van der Waals surface area contributed by atoms with Gasteiger partial charge in [-0.15, -0.1) is 0 Å². The van der Waals surface area contributed by atoms with Gasteiger partial charge in [-0.1, -0.05) is 36.4 Å². The molecule has 0 saturated carbocycles. The number of nitrogens with zero attached hydrogens (tertiary/aromatic N) is 1. The highest BCUT2D eigenvalue weighted by Gasteiger charge is 2.12. The first-order valence-electron chi connectivity index (χ1n) is 5.73. The fourth-order valence-corrected chi connectivity index (χ4v) is 2.32. The summed E-state index contributed by atoms with van der Waals surface area (Å²) >= 11 is 0. The third kappa shape index (κ3) is 1.58. The zero-order valence-corrected chi connectivity index (χ0v) is 9.59. The summed E-state index contributed by atoms with van der Waals surface area (Å²) < 4.78 is 0. The molecule has 0 aliphatic heterocycles. The normalized spacial score (nSPS) is 13.1. The maximum Gasteiger partial charge on any atom is 0.0775 e. The second kappa shape index (κ2) is 3.82. The van der Waals surface area contributed by atoms with Gasteiger partial charge < -0.3 is 5.11 Å². The second-order valence-electron chi connectivity index (χ2n) is 4.24. The van der Waals surface area contributed by atoms with E-state index in [1.165, 1.54) is 0 Å². The zero-order chi connectivity index (χ0) is 11.8.